The molecule has 1 amide bonds. The molecule has 1 atom stereocenters. The van der Waals surface area contributed by atoms with Crippen LogP contribution in [0.4, 0.5) is 0 Å². The van der Waals surface area contributed by atoms with Crippen LogP contribution in [0.2, 0.25) is 0 Å². The lowest BCUT2D eigenvalue weighted by atomic mass is 9.84. The zero-order valence-electron chi connectivity index (χ0n) is 12.6. The molecule has 3 N–H and O–H groups in total. The van der Waals surface area contributed by atoms with Crippen molar-refractivity contribution < 1.29 is 4.79 Å². The second-order valence-corrected chi connectivity index (χ2v) is 6.56. The predicted octanol–water partition coefficient (Wildman–Crippen LogP) is 3.24. The maximum absolute atomic E-state index is 12.3. The summed E-state index contributed by atoms with van der Waals surface area (Å²) in [5.41, 5.74) is 6.67. The number of aromatic nitrogens is 1. The van der Waals surface area contributed by atoms with Gasteiger partial charge in [-0.25, -0.2) is 4.98 Å². The zero-order chi connectivity index (χ0) is 13.8. The number of hydrogen-bond donors (Lipinski definition) is 2. The molecule has 1 aliphatic rings. The summed E-state index contributed by atoms with van der Waals surface area (Å²) in [5.74, 6) is 0.529. The number of nitrogens with two attached hydrogens (primary N) is 1. The Hall–Kier alpha value is -0.360. The molecule has 122 valence electrons. The highest BCUT2D eigenvalue weighted by Gasteiger charge is 2.25. The van der Waals surface area contributed by atoms with Crippen molar-refractivity contribution in [3.8, 4) is 0 Å². The second kappa shape index (κ2) is 9.62. The van der Waals surface area contributed by atoms with Gasteiger partial charge in [-0.2, -0.15) is 0 Å². The fraction of sp³-hybridized carbons (Fsp3) is 0.714. The molecule has 0 bridgehead atoms. The molecule has 1 fully saturated rings. The summed E-state index contributed by atoms with van der Waals surface area (Å²) in [6.45, 7) is 4.33. The number of amides is 1. The number of thiazole rings is 1. The number of nitrogens with one attached hydrogen (secondary N) is 1. The lowest BCUT2D eigenvalue weighted by Gasteiger charge is -2.29. The molecule has 1 aliphatic carbocycles. The van der Waals surface area contributed by atoms with Gasteiger partial charge in [-0.1, -0.05) is 19.3 Å². The van der Waals surface area contributed by atoms with E-state index in [9.17, 15) is 4.79 Å². The van der Waals surface area contributed by atoms with Crippen molar-refractivity contribution in [2.75, 3.05) is 6.54 Å². The fourth-order valence-corrected chi connectivity index (χ4v) is 3.70. The SMILES string of the molecule is Cc1nc(C)c(C(=O)NC(CN)C2CCCCC2)s1.Cl.Cl. The third-order valence-corrected chi connectivity index (χ3v) is 4.97. The van der Waals surface area contributed by atoms with Crippen molar-refractivity contribution in [3.05, 3.63) is 15.6 Å². The van der Waals surface area contributed by atoms with Crippen LogP contribution < -0.4 is 11.1 Å². The molecule has 1 aromatic heterocycles. The van der Waals surface area contributed by atoms with Gasteiger partial charge in [0.25, 0.3) is 5.91 Å². The summed E-state index contributed by atoms with van der Waals surface area (Å²) in [4.78, 5) is 17.3. The Kier molecular flexibility index (Phi) is 9.45. The molecule has 0 saturated heterocycles. The Morgan fingerprint density at radius 2 is 1.95 bits per heavy atom. The van der Waals surface area contributed by atoms with E-state index in [1.165, 1.54) is 43.4 Å². The van der Waals surface area contributed by atoms with Crippen molar-refractivity contribution in [2.45, 2.75) is 52.0 Å². The van der Waals surface area contributed by atoms with E-state index in [-0.39, 0.29) is 36.8 Å². The van der Waals surface area contributed by atoms with Gasteiger partial charge in [-0.05, 0) is 32.6 Å². The maximum Gasteiger partial charge on any atom is 0.263 e. The van der Waals surface area contributed by atoms with E-state index in [1.54, 1.807) is 0 Å². The van der Waals surface area contributed by atoms with Gasteiger partial charge in [0.1, 0.15) is 4.88 Å². The molecule has 1 aromatic rings. The first-order valence-electron chi connectivity index (χ1n) is 7.06. The van der Waals surface area contributed by atoms with Crippen LogP contribution in [0, 0.1) is 19.8 Å². The van der Waals surface area contributed by atoms with Crippen molar-refractivity contribution >= 4 is 42.1 Å². The Morgan fingerprint density at radius 1 is 1.33 bits per heavy atom. The predicted molar refractivity (Wildman–Crippen MR) is 93.0 cm³/mol. The van der Waals surface area contributed by atoms with Crippen LogP contribution in [0.25, 0.3) is 0 Å². The molecule has 0 radical (unpaired) electrons. The highest BCUT2D eigenvalue weighted by Crippen LogP contribution is 2.26. The van der Waals surface area contributed by atoms with Crippen LogP contribution in [0.5, 0.6) is 0 Å². The molecule has 1 unspecified atom stereocenters. The zero-order valence-corrected chi connectivity index (χ0v) is 15.0. The molecule has 1 heterocycles. The molecule has 21 heavy (non-hydrogen) atoms. The van der Waals surface area contributed by atoms with E-state index >= 15 is 0 Å². The summed E-state index contributed by atoms with van der Waals surface area (Å²) >= 11 is 1.46. The highest BCUT2D eigenvalue weighted by atomic mass is 35.5. The monoisotopic (exact) mass is 353 g/mol. The maximum atomic E-state index is 12.3. The Balaban J connectivity index is 0.00000200. The summed E-state index contributed by atoms with van der Waals surface area (Å²) < 4.78 is 0. The average Bonchev–Trinajstić information content (AvgIpc) is 2.76. The smallest absolute Gasteiger partial charge is 0.263 e. The number of halogens is 2. The molecule has 0 aliphatic heterocycles. The molecule has 0 spiro atoms. The van der Waals surface area contributed by atoms with Crippen LogP contribution in [0.3, 0.4) is 0 Å². The minimum Gasteiger partial charge on any atom is -0.347 e. The third kappa shape index (κ3) is 5.40. The minimum absolute atomic E-state index is 0. The van der Waals surface area contributed by atoms with Crippen molar-refractivity contribution in [3.63, 3.8) is 0 Å². The first-order valence-corrected chi connectivity index (χ1v) is 7.88. The molecule has 0 aromatic carbocycles. The van der Waals surface area contributed by atoms with E-state index in [4.69, 9.17) is 5.73 Å². The number of rotatable bonds is 4. The van der Waals surface area contributed by atoms with E-state index in [0.717, 1.165) is 15.6 Å². The highest BCUT2D eigenvalue weighted by molar-refractivity contribution is 7.13. The van der Waals surface area contributed by atoms with Gasteiger partial charge in [0.05, 0.1) is 10.7 Å². The van der Waals surface area contributed by atoms with Crippen molar-refractivity contribution in [1.29, 1.82) is 0 Å². The van der Waals surface area contributed by atoms with Crippen LogP contribution in [0.1, 0.15) is 52.5 Å². The number of hydrogen-bond acceptors (Lipinski definition) is 4. The minimum atomic E-state index is -0.0101. The topological polar surface area (TPSA) is 68.0 Å². The van der Waals surface area contributed by atoms with Gasteiger partial charge >= 0.3 is 0 Å². The summed E-state index contributed by atoms with van der Waals surface area (Å²) in [6, 6.07) is 0.106. The summed E-state index contributed by atoms with van der Waals surface area (Å²) in [7, 11) is 0. The first-order chi connectivity index (χ1) is 9.11. The van der Waals surface area contributed by atoms with E-state index in [0.29, 0.717) is 12.5 Å². The third-order valence-electron chi connectivity index (χ3n) is 3.90. The van der Waals surface area contributed by atoms with Crippen LogP contribution in [-0.4, -0.2) is 23.5 Å². The van der Waals surface area contributed by atoms with Crippen molar-refractivity contribution in [2.24, 2.45) is 11.7 Å². The van der Waals surface area contributed by atoms with Crippen LogP contribution >= 0.6 is 36.2 Å². The van der Waals surface area contributed by atoms with Gasteiger partial charge in [0, 0.05) is 12.6 Å². The van der Waals surface area contributed by atoms with Gasteiger partial charge in [-0.15, -0.1) is 36.2 Å². The van der Waals surface area contributed by atoms with E-state index in [2.05, 4.69) is 10.3 Å². The molecular weight excluding hydrogens is 329 g/mol. The lowest BCUT2D eigenvalue weighted by Crippen LogP contribution is -2.45. The molecule has 4 nitrogen and oxygen atoms in total. The van der Waals surface area contributed by atoms with Crippen molar-refractivity contribution in [1.82, 2.24) is 10.3 Å². The first kappa shape index (κ1) is 20.6. The van der Waals surface area contributed by atoms with E-state index in [1.807, 2.05) is 13.8 Å². The molecular formula is C14H25Cl2N3OS. The molecule has 1 saturated carbocycles. The van der Waals surface area contributed by atoms with Gasteiger partial charge in [0.2, 0.25) is 0 Å². The summed E-state index contributed by atoms with van der Waals surface area (Å²) in [6.07, 6.45) is 6.20. The number of carbonyl (C=O) groups excluding carboxylic acids is 1. The largest absolute Gasteiger partial charge is 0.347 e. The number of carbonyl (C=O) groups is 1. The number of aryl methyl sites for hydroxylation is 2. The lowest BCUT2D eigenvalue weighted by molar-refractivity contribution is 0.0919. The second-order valence-electron chi connectivity index (χ2n) is 5.36. The standard InChI is InChI=1S/C14H23N3OS.2ClH/c1-9-13(19-10(2)16-9)14(18)17-12(8-15)11-6-4-3-5-7-11;;/h11-12H,3-8,15H2,1-2H3,(H,17,18);2*1H. The Labute approximate surface area is 143 Å². The summed E-state index contributed by atoms with van der Waals surface area (Å²) in [5, 5.41) is 4.05. The normalized spacial score (nSPS) is 16.5. The van der Waals surface area contributed by atoms with Crippen LogP contribution in [0.15, 0.2) is 0 Å². The average molecular weight is 354 g/mol. The van der Waals surface area contributed by atoms with E-state index < -0.39 is 0 Å². The number of nitrogens with zero attached hydrogens (tertiary/aromatic N) is 1. The van der Waals surface area contributed by atoms with Gasteiger partial charge < -0.3 is 11.1 Å². The molecule has 7 heteroatoms. The fourth-order valence-electron chi connectivity index (χ4n) is 2.88. The van der Waals surface area contributed by atoms with Gasteiger partial charge in [-0.3, -0.25) is 4.79 Å². The quantitative estimate of drug-likeness (QED) is 0.872. The van der Waals surface area contributed by atoms with Gasteiger partial charge in [0.15, 0.2) is 0 Å². The van der Waals surface area contributed by atoms with Crippen LogP contribution in [-0.2, 0) is 0 Å². The Morgan fingerprint density at radius 3 is 2.43 bits per heavy atom. The molecule has 2 rings (SSSR count). The Bertz CT molecular complexity index is 447.